The predicted molar refractivity (Wildman–Crippen MR) is 106 cm³/mol. The molecule has 4 rings (SSSR count). The third kappa shape index (κ3) is 4.07. The molecular formula is C20H19N7O. The number of rotatable bonds is 7. The number of nitrogens with one attached hydrogen (secondary N) is 2. The maximum Gasteiger partial charge on any atom is 0.251 e. The van der Waals surface area contributed by atoms with Gasteiger partial charge in [-0.15, -0.1) is 0 Å². The third-order valence-electron chi connectivity index (χ3n) is 4.12. The van der Waals surface area contributed by atoms with Crippen LogP contribution in [-0.2, 0) is 0 Å². The first-order chi connectivity index (χ1) is 13.8. The average molecular weight is 373 g/mol. The number of aromatic nitrogens is 5. The van der Waals surface area contributed by atoms with Crippen LogP contribution in [0.15, 0.2) is 79.6 Å². The van der Waals surface area contributed by atoms with E-state index in [4.69, 9.17) is 0 Å². The zero-order chi connectivity index (χ0) is 19.2. The van der Waals surface area contributed by atoms with E-state index in [0.29, 0.717) is 24.5 Å². The van der Waals surface area contributed by atoms with Gasteiger partial charge in [-0.25, -0.2) is 14.6 Å². The Bertz CT molecular complexity index is 1040. The number of nitrogens with zero attached hydrogens (tertiary/aromatic N) is 5. The Labute approximate surface area is 161 Å². The zero-order valence-corrected chi connectivity index (χ0v) is 15.1. The molecule has 8 nitrogen and oxygen atoms in total. The van der Waals surface area contributed by atoms with E-state index in [9.17, 15) is 4.79 Å². The maximum atomic E-state index is 12.4. The third-order valence-corrected chi connectivity index (χ3v) is 4.12. The predicted octanol–water partition coefficient (Wildman–Crippen LogP) is 2.29. The smallest absolute Gasteiger partial charge is 0.251 e. The van der Waals surface area contributed by atoms with Gasteiger partial charge in [-0.1, -0.05) is 6.07 Å². The molecule has 28 heavy (non-hydrogen) atoms. The minimum absolute atomic E-state index is 0.133. The summed E-state index contributed by atoms with van der Waals surface area (Å²) in [6.45, 7) is 1.01. The lowest BCUT2D eigenvalue weighted by Gasteiger charge is -2.09. The van der Waals surface area contributed by atoms with Gasteiger partial charge in [-0.2, -0.15) is 5.10 Å². The van der Waals surface area contributed by atoms with Crippen LogP contribution in [0.2, 0.25) is 0 Å². The number of hydrogen-bond acceptors (Lipinski definition) is 5. The molecule has 0 atom stereocenters. The quantitative estimate of drug-likeness (QED) is 0.485. The van der Waals surface area contributed by atoms with Gasteiger partial charge in [0.2, 0.25) is 0 Å². The van der Waals surface area contributed by atoms with Gasteiger partial charge in [0.1, 0.15) is 18.0 Å². The van der Waals surface area contributed by atoms with Crippen LogP contribution < -0.4 is 10.6 Å². The monoisotopic (exact) mass is 373 g/mol. The minimum atomic E-state index is -0.133. The molecule has 2 N–H and O–H groups in total. The fourth-order valence-corrected chi connectivity index (χ4v) is 2.75. The number of carbonyl (C=O) groups is 1. The number of amides is 1. The molecule has 1 amide bonds. The Morgan fingerprint density at radius 3 is 2.68 bits per heavy atom. The van der Waals surface area contributed by atoms with Gasteiger partial charge in [0.05, 0.1) is 5.69 Å². The van der Waals surface area contributed by atoms with Gasteiger partial charge >= 0.3 is 0 Å². The molecule has 4 aromatic rings. The lowest BCUT2D eigenvalue weighted by Crippen LogP contribution is -2.29. The fraction of sp³-hybridized carbons (Fsp3) is 0.100. The molecule has 0 aliphatic rings. The van der Waals surface area contributed by atoms with Crippen molar-refractivity contribution in [3.05, 3.63) is 85.2 Å². The molecule has 0 aliphatic carbocycles. The van der Waals surface area contributed by atoms with Gasteiger partial charge in [-0.05, 0) is 36.4 Å². The van der Waals surface area contributed by atoms with Crippen molar-refractivity contribution in [2.24, 2.45) is 0 Å². The molecule has 3 heterocycles. The summed E-state index contributed by atoms with van der Waals surface area (Å²) < 4.78 is 3.62. The van der Waals surface area contributed by atoms with Crippen LogP contribution in [0, 0.1) is 0 Å². The number of hydrogen-bond donors (Lipinski definition) is 2. The Hall–Kier alpha value is -3.94. The van der Waals surface area contributed by atoms with Crippen molar-refractivity contribution in [1.82, 2.24) is 29.6 Å². The number of benzene rings is 1. The highest BCUT2D eigenvalue weighted by atomic mass is 16.1. The van der Waals surface area contributed by atoms with Crippen molar-refractivity contribution in [1.29, 1.82) is 0 Å². The van der Waals surface area contributed by atoms with Crippen molar-refractivity contribution >= 4 is 11.7 Å². The normalized spacial score (nSPS) is 10.6. The molecule has 0 saturated carbocycles. The standard InChI is InChI=1S/C20H19N7O/c28-20(16-5-3-6-17(13-16)27-12-4-7-25-27)22-9-8-21-18-14-19(24-15-23-18)26-10-1-2-11-26/h1-7,10-15H,8-9H2,(H,22,28)(H,21,23,24). The van der Waals surface area contributed by atoms with E-state index in [0.717, 1.165) is 11.5 Å². The van der Waals surface area contributed by atoms with Crippen LogP contribution in [0.5, 0.6) is 0 Å². The van der Waals surface area contributed by atoms with E-state index in [1.807, 2.05) is 65.6 Å². The fourth-order valence-electron chi connectivity index (χ4n) is 2.75. The van der Waals surface area contributed by atoms with E-state index >= 15 is 0 Å². The molecule has 140 valence electrons. The summed E-state index contributed by atoms with van der Waals surface area (Å²) in [6, 6.07) is 14.9. The van der Waals surface area contributed by atoms with E-state index in [1.54, 1.807) is 16.9 Å². The van der Waals surface area contributed by atoms with Crippen molar-refractivity contribution in [3.63, 3.8) is 0 Å². The summed E-state index contributed by atoms with van der Waals surface area (Å²) >= 11 is 0. The summed E-state index contributed by atoms with van der Waals surface area (Å²) in [6.07, 6.45) is 8.89. The highest BCUT2D eigenvalue weighted by Gasteiger charge is 2.07. The van der Waals surface area contributed by atoms with Crippen LogP contribution in [0.3, 0.4) is 0 Å². The highest BCUT2D eigenvalue weighted by Crippen LogP contribution is 2.10. The van der Waals surface area contributed by atoms with Crippen molar-refractivity contribution in [3.8, 4) is 11.5 Å². The summed E-state index contributed by atoms with van der Waals surface area (Å²) in [5, 5.41) is 10.3. The first-order valence-corrected chi connectivity index (χ1v) is 8.87. The maximum absolute atomic E-state index is 12.4. The molecule has 0 unspecified atom stereocenters. The lowest BCUT2D eigenvalue weighted by atomic mass is 10.2. The Morgan fingerprint density at radius 2 is 1.86 bits per heavy atom. The molecule has 8 heteroatoms. The van der Waals surface area contributed by atoms with Crippen LogP contribution >= 0.6 is 0 Å². The van der Waals surface area contributed by atoms with Gasteiger partial charge in [0.15, 0.2) is 0 Å². The molecule has 0 saturated heterocycles. The largest absolute Gasteiger partial charge is 0.368 e. The SMILES string of the molecule is O=C(NCCNc1cc(-n2cccc2)ncn1)c1cccc(-n2cccn2)c1. The Kier molecular flexibility index (Phi) is 5.10. The molecule has 0 aliphatic heterocycles. The molecule has 0 spiro atoms. The molecule has 0 fully saturated rings. The molecule has 3 aromatic heterocycles. The Morgan fingerprint density at radius 1 is 0.964 bits per heavy atom. The van der Waals surface area contributed by atoms with Crippen LogP contribution in [0.25, 0.3) is 11.5 Å². The summed E-state index contributed by atoms with van der Waals surface area (Å²) in [7, 11) is 0. The van der Waals surface area contributed by atoms with Crippen molar-refractivity contribution in [2.45, 2.75) is 0 Å². The van der Waals surface area contributed by atoms with Gasteiger partial charge in [0, 0.05) is 49.5 Å². The van der Waals surface area contributed by atoms with Crippen molar-refractivity contribution in [2.75, 3.05) is 18.4 Å². The van der Waals surface area contributed by atoms with E-state index < -0.39 is 0 Å². The van der Waals surface area contributed by atoms with Crippen LogP contribution in [0.1, 0.15) is 10.4 Å². The summed E-state index contributed by atoms with van der Waals surface area (Å²) in [4.78, 5) is 20.8. The first-order valence-electron chi connectivity index (χ1n) is 8.87. The average Bonchev–Trinajstić information content (AvgIpc) is 3.46. The van der Waals surface area contributed by atoms with Crippen LogP contribution in [-0.4, -0.2) is 43.3 Å². The topological polar surface area (TPSA) is 89.7 Å². The van der Waals surface area contributed by atoms with Crippen LogP contribution in [0.4, 0.5) is 5.82 Å². The van der Waals surface area contributed by atoms with E-state index in [1.165, 1.54) is 6.33 Å². The second-order valence-corrected chi connectivity index (χ2v) is 6.04. The van der Waals surface area contributed by atoms with Gasteiger partial charge < -0.3 is 15.2 Å². The molecule has 0 radical (unpaired) electrons. The van der Waals surface area contributed by atoms with E-state index in [-0.39, 0.29) is 5.91 Å². The van der Waals surface area contributed by atoms with E-state index in [2.05, 4.69) is 25.7 Å². The van der Waals surface area contributed by atoms with Gasteiger partial charge in [0.25, 0.3) is 5.91 Å². The highest BCUT2D eigenvalue weighted by molar-refractivity contribution is 5.94. The minimum Gasteiger partial charge on any atom is -0.368 e. The Balaban J connectivity index is 1.30. The summed E-state index contributed by atoms with van der Waals surface area (Å²) in [5.74, 6) is 1.35. The summed E-state index contributed by atoms with van der Waals surface area (Å²) in [5.41, 5.74) is 1.43. The zero-order valence-electron chi connectivity index (χ0n) is 15.1. The number of carbonyl (C=O) groups excluding carboxylic acids is 1. The molecule has 0 bridgehead atoms. The second-order valence-electron chi connectivity index (χ2n) is 6.04. The van der Waals surface area contributed by atoms with Crippen molar-refractivity contribution < 1.29 is 4.79 Å². The second kappa shape index (κ2) is 8.17. The molecule has 1 aromatic carbocycles. The van der Waals surface area contributed by atoms with Gasteiger partial charge in [-0.3, -0.25) is 4.79 Å². The molecular weight excluding hydrogens is 354 g/mol. The number of anilines is 1. The first kappa shape index (κ1) is 17.5. The lowest BCUT2D eigenvalue weighted by molar-refractivity contribution is 0.0955.